The number of hydrogen-bond donors (Lipinski definition) is 2. The molecule has 0 aromatic heterocycles. The van der Waals surface area contributed by atoms with Gasteiger partial charge in [0.05, 0.1) is 19.3 Å². The Bertz CT molecular complexity index is 343. The SMILES string of the molecule is CCC(CC)(C(=O)N(CCOC)C(C)COC)C(N)=NO. The zero-order chi connectivity index (χ0) is 16.5. The van der Waals surface area contributed by atoms with Crippen LogP contribution in [0.5, 0.6) is 0 Å². The van der Waals surface area contributed by atoms with E-state index in [1.807, 2.05) is 20.8 Å². The molecule has 0 saturated carbocycles. The van der Waals surface area contributed by atoms with Crippen molar-refractivity contribution in [2.45, 2.75) is 39.7 Å². The smallest absolute Gasteiger partial charge is 0.236 e. The molecule has 7 heteroatoms. The number of carbonyl (C=O) groups is 1. The molecule has 0 aliphatic rings. The van der Waals surface area contributed by atoms with E-state index in [0.29, 0.717) is 32.6 Å². The summed E-state index contributed by atoms with van der Waals surface area (Å²) in [6, 6.07) is -0.124. The Hall–Kier alpha value is -1.34. The van der Waals surface area contributed by atoms with E-state index in [9.17, 15) is 4.79 Å². The molecule has 0 heterocycles. The Labute approximate surface area is 127 Å². The molecule has 124 valence electrons. The lowest BCUT2D eigenvalue weighted by molar-refractivity contribution is -0.142. The van der Waals surface area contributed by atoms with E-state index < -0.39 is 5.41 Å². The van der Waals surface area contributed by atoms with Gasteiger partial charge in [0, 0.05) is 20.8 Å². The number of nitrogens with zero attached hydrogens (tertiary/aromatic N) is 2. The summed E-state index contributed by atoms with van der Waals surface area (Å²) >= 11 is 0. The van der Waals surface area contributed by atoms with E-state index in [2.05, 4.69) is 5.16 Å². The molecule has 0 spiro atoms. The fourth-order valence-electron chi connectivity index (χ4n) is 2.44. The van der Waals surface area contributed by atoms with Crippen molar-refractivity contribution in [2.75, 3.05) is 34.0 Å². The van der Waals surface area contributed by atoms with E-state index >= 15 is 0 Å². The van der Waals surface area contributed by atoms with Crippen molar-refractivity contribution < 1.29 is 19.5 Å². The summed E-state index contributed by atoms with van der Waals surface area (Å²) in [7, 11) is 3.17. The summed E-state index contributed by atoms with van der Waals surface area (Å²) < 4.78 is 10.2. The van der Waals surface area contributed by atoms with Gasteiger partial charge in [0.1, 0.15) is 5.41 Å². The number of carbonyl (C=O) groups excluding carboxylic acids is 1. The lowest BCUT2D eigenvalue weighted by Gasteiger charge is -2.38. The van der Waals surface area contributed by atoms with Crippen LogP contribution < -0.4 is 5.73 Å². The third-order valence-electron chi connectivity index (χ3n) is 3.95. The number of amides is 1. The van der Waals surface area contributed by atoms with Crippen LogP contribution in [0.15, 0.2) is 5.16 Å². The van der Waals surface area contributed by atoms with Gasteiger partial charge in [0.25, 0.3) is 0 Å². The molecule has 1 amide bonds. The molecule has 0 saturated heterocycles. The molecule has 1 unspecified atom stereocenters. The van der Waals surface area contributed by atoms with E-state index in [0.717, 1.165) is 0 Å². The maximum atomic E-state index is 13.0. The summed E-state index contributed by atoms with van der Waals surface area (Å²) in [5.74, 6) is -0.214. The summed E-state index contributed by atoms with van der Waals surface area (Å²) in [6.07, 6.45) is 0.919. The van der Waals surface area contributed by atoms with E-state index in [4.69, 9.17) is 20.4 Å². The molecule has 21 heavy (non-hydrogen) atoms. The predicted octanol–water partition coefficient (Wildman–Crippen LogP) is 1.05. The van der Waals surface area contributed by atoms with Crippen LogP contribution in [0.1, 0.15) is 33.6 Å². The number of amidine groups is 1. The Morgan fingerprint density at radius 2 is 1.90 bits per heavy atom. The van der Waals surface area contributed by atoms with Crippen molar-refractivity contribution in [3.8, 4) is 0 Å². The van der Waals surface area contributed by atoms with E-state index in [1.54, 1.807) is 19.1 Å². The summed E-state index contributed by atoms with van der Waals surface area (Å²) in [4.78, 5) is 14.7. The van der Waals surface area contributed by atoms with Gasteiger partial charge in [0.2, 0.25) is 5.91 Å². The van der Waals surface area contributed by atoms with Gasteiger partial charge in [-0.2, -0.15) is 0 Å². The van der Waals surface area contributed by atoms with Crippen LogP contribution in [-0.4, -0.2) is 61.9 Å². The lowest BCUT2D eigenvalue weighted by Crippen LogP contribution is -2.55. The van der Waals surface area contributed by atoms with Crippen LogP contribution >= 0.6 is 0 Å². The van der Waals surface area contributed by atoms with Crippen molar-refractivity contribution in [1.29, 1.82) is 0 Å². The second-order valence-electron chi connectivity index (χ2n) is 5.07. The number of hydrogen-bond acceptors (Lipinski definition) is 5. The van der Waals surface area contributed by atoms with Crippen molar-refractivity contribution >= 4 is 11.7 Å². The van der Waals surface area contributed by atoms with Gasteiger partial charge in [-0.1, -0.05) is 19.0 Å². The Balaban J connectivity index is 5.48. The van der Waals surface area contributed by atoms with Crippen LogP contribution in [0.2, 0.25) is 0 Å². The van der Waals surface area contributed by atoms with E-state index in [-0.39, 0.29) is 17.8 Å². The zero-order valence-corrected chi connectivity index (χ0v) is 13.8. The normalized spacial score (nSPS) is 14.0. The molecule has 1 atom stereocenters. The first-order chi connectivity index (χ1) is 9.94. The van der Waals surface area contributed by atoms with E-state index in [1.165, 1.54) is 0 Å². The minimum Gasteiger partial charge on any atom is -0.409 e. The number of rotatable bonds is 10. The summed E-state index contributed by atoms with van der Waals surface area (Å²) in [6.45, 7) is 6.87. The summed E-state index contributed by atoms with van der Waals surface area (Å²) in [5, 5.41) is 12.1. The maximum Gasteiger partial charge on any atom is 0.236 e. The van der Waals surface area contributed by atoms with Gasteiger partial charge in [-0.25, -0.2) is 0 Å². The van der Waals surface area contributed by atoms with Crippen molar-refractivity contribution in [1.82, 2.24) is 4.90 Å². The number of nitrogens with two attached hydrogens (primary N) is 1. The lowest BCUT2D eigenvalue weighted by atomic mass is 9.79. The van der Waals surface area contributed by atoms with Gasteiger partial charge in [-0.3, -0.25) is 4.79 Å². The van der Waals surface area contributed by atoms with Crippen molar-refractivity contribution in [3.63, 3.8) is 0 Å². The molecule has 0 aromatic rings. The van der Waals surface area contributed by atoms with Crippen LogP contribution in [-0.2, 0) is 14.3 Å². The van der Waals surface area contributed by atoms with Crippen LogP contribution in [0.4, 0.5) is 0 Å². The first kappa shape index (κ1) is 19.7. The minimum absolute atomic E-state index is 0.0514. The third kappa shape index (κ3) is 4.57. The van der Waals surface area contributed by atoms with Crippen LogP contribution in [0.25, 0.3) is 0 Å². The van der Waals surface area contributed by atoms with Crippen molar-refractivity contribution in [3.05, 3.63) is 0 Å². The first-order valence-corrected chi connectivity index (χ1v) is 7.22. The molecular formula is C14H29N3O4. The maximum absolute atomic E-state index is 13.0. The zero-order valence-electron chi connectivity index (χ0n) is 13.8. The molecule has 0 aliphatic carbocycles. The Morgan fingerprint density at radius 1 is 1.33 bits per heavy atom. The average Bonchev–Trinajstić information content (AvgIpc) is 2.49. The fourth-order valence-corrected chi connectivity index (χ4v) is 2.44. The number of oxime groups is 1. The number of methoxy groups -OCH3 is 2. The highest BCUT2D eigenvalue weighted by Gasteiger charge is 2.43. The van der Waals surface area contributed by atoms with Gasteiger partial charge >= 0.3 is 0 Å². The molecule has 0 aliphatic heterocycles. The second kappa shape index (κ2) is 9.57. The Kier molecular flexibility index (Phi) is 8.96. The molecule has 0 aromatic carbocycles. The fraction of sp³-hybridized carbons (Fsp3) is 0.857. The Morgan fingerprint density at radius 3 is 2.29 bits per heavy atom. The molecule has 0 fully saturated rings. The standard InChI is InChI=1S/C14H29N3O4/c1-6-14(7-2,12(15)16-19)13(18)17(8-9-20-4)11(3)10-21-5/h11,19H,6-10H2,1-5H3,(H2,15,16). The highest BCUT2D eigenvalue weighted by atomic mass is 16.5. The van der Waals surface area contributed by atoms with Crippen molar-refractivity contribution in [2.24, 2.45) is 16.3 Å². The molecular weight excluding hydrogens is 274 g/mol. The highest BCUT2D eigenvalue weighted by molar-refractivity contribution is 6.06. The average molecular weight is 303 g/mol. The van der Waals surface area contributed by atoms with Crippen LogP contribution in [0, 0.1) is 5.41 Å². The number of ether oxygens (including phenoxy) is 2. The minimum atomic E-state index is -0.996. The van der Waals surface area contributed by atoms with Crippen LogP contribution in [0.3, 0.4) is 0 Å². The van der Waals surface area contributed by atoms with Gasteiger partial charge in [-0.15, -0.1) is 0 Å². The highest BCUT2D eigenvalue weighted by Crippen LogP contribution is 2.30. The quantitative estimate of drug-likeness (QED) is 0.272. The third-order valence-corrected chi connectivity index (χ3v) is 3.95. The second-order valence-corrected chi connectivity index (χ2v) is 5.07. The molecule has 0 rings (SSSR count). The largest absolute Gasteiger partial charge is 0.409 e. The molecule has 0 bridgehead atoms. The molecule has 7 nitrogen and oxygen atoms in total. The first-order valence-electron chi connectivity index (χ1n) is 7.22. The topological polar surface area (TPSA) is 97.4 Å². The molecule has 3 N–H and O–H groups in total. The monoisotopic (exact) mass is 303 g/mol. The van der Waals surface area contributed by atoms with Gasteiger partial charge in [-0.05, 0) is 19.8 Å². The summed E-state index contributed by atoms with van der Waals surface area (Å²) in [5.41, 5.74) is 4.81. The van der Waals surface area contributed by atoms with Gasteiger partial charge < -0.3 is 25.3 Å². The molecule has 0 radical (unpaired) electrons. The predicted molar refractivity (Wildman–Crippen MR) is 81.4 cm³/mol. The van der Waals surface area contributed by atoms with Gasteiger partial charge in [0.15, 0.2) is 5.84 Å².